The number of nitrogens with zero attached hydrogens (tertiary/aromatic N) is 4. The summed E-state index contributed by atoms with van der Waals surface area (Å²) in [6.07, 6.45) is 9.13. The van der Waals surface area contributed by atoms with Gasteiger partial charge in [-0.2, -0.15) is 17.6 Å². The van der Waals surface area contributed by atoms with Crippen LogP contribution in [0.25, 0.3) is 33.2 Å². The molecule has 15 nitrogen and oxygen atoms in total. The summed E-state index contributed by atoms with van der Waals surface area (Å²) < 4.78 is 74.1. The highest BCUT2D eigenvalue weighted by molar-refractivity contribution is 7.90. The van der Waals surface area contributed by atoms with Crippen molar-refractivity contribution in [1.29, 1.82) is 0 Å². The Kier molecular flexibility index (Phi) is 9.05. The predicted octanol–water partition coefficient (Wildman–Crippen LogP) is 3.06. The van der Waals surface area contributed by atoms with E-state index in [1.165, 1.54) is 10.6 Å². The largest absolute Gasteiger partial charge is 0.552 e. The molecule has 4 aliphatic rings. The third kappa shape index (κ3) is 6.61. The Hall–Kier alpha value is -4.65. The van der Waals surface area contributed by atoms with Crippen LogP contribution in [0, 0.1) is 11.8 Å². The van der Waals surface area contributed by atoms with Crippen molar-refractivity contribution in [3.63, 3.8) is 0 Å². The van der Waals surface area contributed by atoms with E-state index in [2.05, 4.69) is 24.4 Å². The van der Waals surface area contributed by atoms with E-state index >= 15 is 0 Å². The topological polar surface area (TPSA) is 201 Å². The number of aromatic nitrogens is 4. The molecule has 0 atom stereocenters. The molecule has 0 amide bonds. The lowest BCUT2D eigenvalue weighted by atomic mass is 9.68. The fourth-order valence-electron chi connectivity index (χ4n) is 8.32. The fraction of sp³-hybridized carbons (Fsp3) is 0.333. The number of fused-ring (bicyclic) bond motifs is 6. The third-order valence-corrected chi connectivity index (χ3v) is 13.9. The molecule has 0 radical (unpaired) electrons. The number of hydrogen-bond acceptors (Lipinski definition) is 10. The van der Waals surface area contributed by atoms with Gasteiger partial charge in [0.1, 0.15) is 17.1 Å². The minimum atomic E-state index is -4.06. The average Bonchev–Trinajstić information content (AvgIpc) is 3.77. The number of pyridine rings is 2. The van der Waals surface area contributed by atoms with Crippen LogP contribution in [0.15, 0.2) is 79.2 Å². The van der Waals surface area contributed by atoms with Crippen molar-refractivity contribution in [2.24, 2.45) is 11.8 Å². The highest BCUT2D eigenvalue weighted by Crippen LogP contribution is 2.49. The maximum Gasteiger partial charge on any atom is 0.552 e. The third-order valence-electron chi connectivity index (χ3n) is 10.9. The van der Waals surface area contributed by atoms with Gasteiger partial charge in [-0.15, -0.1) is 0 Å². The number of rotatable bonds is 12. The molecule has 2 aliphatic heterocycles. The number of allylic oxidation sites excluding steroid dienone is 2. The molecule has 2 saturated carbocycles. The quantitative estimate of drug-likeness (QED) is 0.117. The molecule has 0 spiro atoms. The number of sulfonamides is 1. The minimum Gasteiger partial charge on any atom is -0.531 e. The second-order valence-electron chi connectivity index (χ2n) is 14.6. The Morgan fingerprint density at radius 3 is 2.24 bits per heavy atom. The van der Waals surface area contributed by atoms with Crippen molar-refractivity contribution in [1.82, 2.24) is 29.1 Å². The lowest BCUT2D eigenvalue weighted by Crippen LogP contribution is -2.57. The molecular weight excluding hydrogens is 744 g/mol. The number of hydrogen-bond donors (Lipinski definition) is 5. The van der Waals surface area contributed by atoms with E-state index in [4.69, 9.17) is 9.31 Å². The summed E-state index contributed by atoms with van der Waals surface area (Å²) in [5, 5.41) is 22.7. The second-order valence-corrected chi connectivity index (χ2v) is 18.0. The molecular formula is C36H39B2N7O8S2. The van der Waals surface area contributed by atoms with Crippen molar-refractivity contribution in [2.75, 3.05) is 11.0 Å². The Morgan fingerprint density at radius 1 is 0.891 bits per heavy atom. The molecule has 0 saturated heterocycles. The van der Waals surface area contributed by atoms with Crippen LogP contribution in [-0.2, 0) is 26.0 Å². The van der Waals surface area contributed by atoms with Crippen LogP contribution in [0.2, 0.25) is 0 Å². The maximum absolute atomic E-state index is 14.1. The first kappa shape index (κ1) is 36.0. The first-order chi connectivity index (χ1) is 26.5. The number of benzene rings is 1. The van der Waals surface area contributed by atoms with Gasteiger partial charge < -0.3 is 24.3 Å². The maximum atomic E-state index is 14.1. The van der Waals surface area contributed by atoms with Gasteiger partial charge in [0.25, 0.3) is 0 Å². The van der Waals surface area contributed by atoms with Crippen LogP contribution in [0.5, 0.6) is 11.5 Å². The van der Waals surface area contributed by atoms with E-state index in [1.807, 2.05) is 31.2 Å². The zero-order chi connectivity index (χ0) is 38.1. The van der Waals surface area contributed by atoms with E-state index < -0.39 is 40.5 Å². The van der Waals surface area contributed by atoms with Crippen LogP contribution in [0.4, 0.5) is 0 Å². The van der Waals surface area contributed by atoms with Crippen molar-refractivity contribution in [3.05, 3.63) is 95.9 Å². The minimum absolute atomic E-state index is 0.0738. The highest BCUT2D eigenvalue weighted by Gasteiger charge is 2.45. The van der Waals surface area contributed by atoms with Crippen molar-refractivity contribution >= 4 is 67.7 Å². The van der Waals surface area contributed by atoms with Gasteiger partial charge in [0, 0.05) is 46.9 Å². The predicted molar refractivity (Wildman–Crippen MR) is 210 cm³/mol. The van der Waals surface area contributed by atoms with E-state index in [0.717, 1.165) is 22.1 Å². The van der Waals surface area contributed by atoms with E-state index in [-0.39, 0.29) is 30.2 Å². The molecule has 4 aromatic heterocycles. The number of nitrogens with one attached hydrogen (secondary N) is 3. The molecule has 19 heteroatoms. The summed E-state index contributed by atoms with van der Waals surface area (Å²) in [6.45, 7) is 2.14. The summed E-state index contributed by atoms with van der Waals surface area (Å²) in [7, 11) is -10.0. The molecule has 6 heterocycles. The van der Waals surface area contributed by atoms with Gasteiger partial charge in [-0.05, 0) is 84.7 Å². The number of aromatic amines is 1. The van der Waals surface area contributed by atoms with Gasteiger partial charge in [-0.25, -0.2) is 27.8 Å². The lowest BCUT2D eigenvalue weighted by Gasteiger charge is -2.44. The lowest BCUT2D eigenvalue weighted by molar-refractivity contribution is 0.304. The normalized spacial score (nSPS) is 22.2. The van der Waals surface area contributed by atoms with Crippen LogP contribution in [0.3, 0.4) is 0 Å². The van der Waals surface area contributed by atoms with Gasteiger partial charge in [0.2, 0.25) is 10.0 Å². The van der Waals surface area contributed by atoms with Crippen molar-refractivity contribution in [2.45, 2.75) is 56.9 Å². The van der Waals surface area contributed by atoms with Crippen molar-refractivity contribution in [3.8, 4) is 11.5 Å². The van der Waals surface area contributed by atoms with Crippen molar-refractivity contribution < 1.29 is 36.2 Å². The molecule has 9 rings (SSSR count). The van der Waals surface area contributed by atoms with E-state index in [0.29, 0.717) is 71.4 Å². The molecule has 284 valence electrons. The Balaban J connectivity index is 1.000. The van der Waals surface area contributed by atoms with Crippen LogP contribution < -0.4 is 23.2 Å². The summed E-state index contributed by atoms with van der Waals surface area (Å²) in [5.41, 5.74) is 4.99. The van der Waals surface area contributed by atoms with Crippen LogP contribution in [0.1, 0.15) is 55.7 Å². The average molecular weight is 784 g/mol. The van der Waals surface area contributed by atoms with E-state index in [9.17, 15) is 26.9 Å². The summed E-state index contributed by atoms with van der Waals surface area (Å²) in [4.78, 5) is 12.2. The zero-order valence-corrected chi connectivity index (χ0v) is 31.5. The van der Waals surface area contributed by atoms with Crippen LogP contribution in [-0.4, -0.2) is 79.4 Å². The molecule has 5 N–H and O–H groups in total. The van der Waals surface area contributed by atoms with Gasteiger partial charge in [0.05, 0.1) is 24.2 Å². The summed E-state index contributed by atoms with van der Waals surface area (Å²) in [6, 6.07) is 12.0. The number of H-pyrrole nitrogens is 1. The monoisotopic (exact) mass is 783 g/mol. The molecule has 2 fully saturated rings. The highest BCUT2D eigenvalue weighted by atomic mass is 32.2. The van der Waals surface area contributed by atoms with Gasteiger partial charge in [-0.3, -0.25) is 0 Å². The Morgan fingerprint density at radius 2 is 1.55 bits per heavy atom. The molecule has 0 bridgehead atoms. The summed E-state index contributed by atoms with van der Waals surface area (Å²) in [5.74, 6) is 3.88. The first-order valence-corrected chi connectivity index (χ1v) is 21.5. The summed E-state index contributed by atoms with van der Waals surface area (Å²) >= 11 is 0. The van der Waals surface area contributed by atoms with Crippen LogP contribution >= 0.6 is 0 Å². The second kappa shape index (κ2) is 13.8. The van der Waals surface area contributed by atoms with Gasteiger partial charge in [0.15, 0.2) is 5.65 Å². The molecule has 0 unspecified atom stereocenters. The van der Waals surface area contributed by atoms with Gasteiger partial charge in [-0.1, -0.05) is 37.3 Å². The molecule has 5 aromatic rings. The first-order valence-electron chi connectivity index (χ1n) is 18.4. The Labute approximate surface area is 319 Å². The molecule has 1 aromatic carbocycles. The standard InChI is InChI=1S/C36H39B2N7O8S2/c1-2-10-42-55(50,51)45(26-15-24(16-26)30-18-38(47)52-31-19-40-35-27(33(30)31)8-11-39-35)44-12-9-28-34-29(17-37(46)53-32(34)20-41-36(28)44)23-13-25(14-23)43-54(48,49)21-22-6-4-3-5-7-22/h3-9,11-12,17-20,23-26,42-43,46-47H,2,10,13-16,21H2,1H3,(H,39,40). The molecule has 55 heavy (non-hydrogen) atoms. The fourth-order valence-corrected chi connectivity index (χ4v) is 11.3. The smallest absolute Gasteiger partial charge is 0.531 e. The Bertz CT molecular complexity index is 2570. The zero-order valence-electron chi connectivity index (χ0n) is 29.9. The van der Waals surface area contributed by atoms with Gasteiger partial charge >= 0.3 is 24.4 Å². The van der Waals surface area contributed by atoms with E-state index in [1.54, 1.807) is 53.4 Å². The SMILES string of the molecule is CCCNS(=O)(=O)N(C1CC(C2=CB(O)Oc3cnc4[nH]ccc4c32)C1)n1ccc2c3c(cnc21)OB(O)C=C3C1CC(NS(=O)(=O)Cc2ccccc2)C1. The molecule has 2 aliphatic carbocycles.